The summed E-state index contributed by atoms with van der Waals surface area (Å²) in [6, 6.07) is 26.5. The van der Waals surface area contributed by atoms with E-state index in [-0.39, 0.29) is 5.91 Å². The number of carbonyl (C=O) groups is 1. The third-order valence-corrected chi connectivity index (χ3v) is 6.01. The molecule has 31 heavy (non-hydrogen) atoms. The van der Waals surface area contributed by atoms with Crippen molar-refractivity contribution < 1.29 is 4.79 Å². The SMILES string of the molecule is Cc1ccc(C2=Nc3ccccc3N=C(SCC(=O)NCCc3ccccc3)C2)cc1. The van der Waals surface area contributed by atoms with E-state index in [1.54, 1.807) is 0 Å². The van der Waals surface area contributed by atoms with Gasteiger partial charge in [-0.1, -0.05) is 72.3 Å². The van der Waals surface area contributed by atoms with Gasteiger partial charge in [0.15, 0.2) is 0 Å². The average Bonchev–Trinajstić information content (AvgIpc) is 2.98. The van der Waals surface area contributed by atoms with Gasteiger partial charge in [0.05, 0.1) is 27.9 Å². The van der Waals surface area contributed by atoms with E-state index in [4.69, 9.17) is 9.98 Å². The number of carbonyl (C=O) groups excluding carboxylic acids is 1. The molecular weight excluding hydrogens is 402 g/mol. The van der Waals surface area contributed by atoms with Gasteiger partial charge in [-0.3, -0.25) is 9.79 Å². The first-order chi connectivity index (χ1) is 15.2. The van der Waals surface area contributed by atoms with Crippen molar-refractivity contribution in [3.63, 3.8) is 0 Å². The second kappa shape index (κ2) is 10.2. The summed E-state index contributed by atoms with van der Waals surface area (Å²) in [5, 5.41) is 3.91. The molecule has 1 amide bonds. The van der Waals surface area contributed by atoms with Crippen molar-refractivity contribution in [3.05, 3.63) is 95.6 Å². The topological polar surface area (TPSA) is 53.8 Å². The molecule has 4 rings (SSSR count). The van der Waals surface area contributed by atoms with Crippen molar-refractivity contribution in [2.75, 3.05) is 12.3 Å². The third-order valence-electron chi connectivity index (χ3n) is 5.03. The fourth-order valence-electron chi connectivity index (χ4n) is 3.34. The monoisotopic (exact) mass is 427 g/mol. The Hall–Kier alpha value is -3.18. The Kier molecular flexibility index (Phi) is 6.95. The molecule has 0 aromatic heterocycles. The Labute approximate surface area is 187 Å². The second-order valence-electron chi connectivity index (χ2n) is 7.47. The van der Waals surface area contributed by atoms with E-state index in [0.717, 1.165) is 34.1 Å². The number of nitrogens with one attached hydrogen (secondary N) is 1. The highest BCUT2D eigenvalue weighted by Gasteiger charge is 2.16. The molecule has 3 aromatic carbocycles. The van der Waals surface area contributed by atoms with E-state index < -0.39 is 0 Å². The number of hydrogen-bond donors (Lipinski definition) is 1. The summed E-state index contributed by atoms with van der Waals surface area (Å²) in [5.41, 5.74) is 6.20. The van der Waals surface area contributed by atoms with Gasteiger partial charge in [0, 0.05) is 13.0 Å². The zero-order valence-electron chi connectivity index (χ0n) is 17.5. The van der Waals surface area contributed by atoms with Gasteiger partial charge in [-0.05, 0) is 36.6 Å². The number of fused-ring (bicyclic) bond motifs is 1. The first kappa shape index (κ1) is 21.1. The minimum Gasteiger partial charge on any atom is -0.355 e. The number of rotatable bonds is 6. The molecule has 0 radical (unpaired) electrons. The number of thioether (sulfide) groups is 1. The van der Waals surface area contributed by atoms with Crippen LogP contribution in [0.5, 0.6) is 0 Å². The standard InChI is InChI=1S/C26H25N3OS/c1-19-11-13-21(14-12-19)24-17-26(29-23-10-6-5-9-22(23)28-24)31-18-25(30)27-16-15-20-7-3-2-4-8-20/h2-14H,15-18H2,1H3,(H,27,30). The molecule has 0 bridgehead atoms. The summed E-state index contributed by atoms with van der Waals surface area (Å²) in [7, 11) is 0. The lowest BCUT2D eigenvalue weighted by atomic mass is 10.1. The van der Waals surface area contributed by atoms with Gasteiger partial charge in [0.25, 0.3) is 0 Å². The molecule has 4 nitrogen and oxygen atoms in total. The van der Waals surface area contributed by atoms with Crippen molar-refractivity contribution in [2.24, 2.45) is 9.98 Å². The average molecular weight is 428 g/mol. The van der Waals surface area contributed by atoms with E-state index in [0.29, 0.717) is 18.7 Å². The highest BCUT2D eigenvalue weighted by Crippen LogP contribution is 2.33. The molecule has 156 valence electrons. The Morgan fingerprint density at radius 3 is 2.32 bits per heavy atom. The number of benzene rings is 3. The van der Waals surface area contributed by atoms with Crippen LogP contribution < -0.4 is 5.32 Å². The van der Waals surface area contributed by atoms with Crippen LogP contribution in [0.4, 0.5) is 11.4 Å². The molecule has 1 heterocycles. The van der Waals surface area contributed by atoms with E-state index >= 15 is 0 Å². The van der Waals surface area contributed by atoms with Crippen LogP contribution in [0.2, 0.25) is 0 Å². The lowest BCUT2D eigenvalue weighted by molar-refractivity contribution is -0.118. The molecule has 1 aliphatic rings. The number of hydrogen-bond acceptors (Lipinski definition) is 4. The summed E-state index contributed by atoms with van der Waals surface area (Å²) in [6.07, 6.45) is 1.44. The fraction of sp³-hybridized carbons (Fsp3) is 0.192. The van der Waals surface area contributed by atoms with Gasteiger partial charge in [-0.15, -0.1) is 11.8 Å². The second-order valence-corrected chi connectivity index (χ2v) is 8.52. The lowest BCUT2D eigenvalue weighted by Crippen LogP contribution is -2.27. The van der Waals surface area contributed by atoms with Crippen LogP contribution in [-0.2, 0) is 11.2 Å². The summed E-state index contributed by atoms with van der Waals surface area (Å²) < 4.78 is 0. The molecule has 0 spiro atoms. The van der Waals surface area contributed by atoms with Crippen LogP contribution in [0.15, 0.2) is 88.8 Å². The number of aryl methyl sites for hydroxylation is 1. The highest BCUT2D eigenvalue weighted by atomic mass is 32.2. The summed E-state index contributed by atoms with van der Waals surface area (Å²) in [6.45, 7) is 2.71. The molecule has 0 saturated carbocycles. The predicted molar refractivity (Wildman–Crippen MR) is 131 cm³/mol. The summed E-state index contributed by atoms with van der Waals surface area (Å²) >= 11 is 1.49. The van der Waals surface area contributed by atoms with E-state index in [1.165, 1.54) is 22.9 Å². The zero-order valence-corrected chi connectivity index (χ0v) is 18.4. The smallest absolute Gasteiger partial charge is 0.230 e. The lowest BCUT2D eigenvalue weighted by Gasteiger charge is -2.09. The van der Waals surface area contributed by atoms with Crippen molar-refractivity contribution in [2.45, 2.75) is 19.8 Å². The van der Waals surface area contributed by atoms with Gasteiger partial charge < -0.3 is 5.32 Å². The number of aliphatic imine (C=N–C) groups is 2. The first-order valence-corrected chi connectivity index (χ1v) is 11.4. The maximum atomic E-state index is 12.4. The van der Waals surface area contributed by atoms with Crippen LogP contribution in [-0.4, -0.2) is 29.0 Å². The predicted octanol–water partition coefficient (Wildman–Crippen LogP) is 5.64. The molecular formula is C26H25N3OS. The van der Waals surface area contributed by atoms with Crippen LogP contribution in [0.25, 0.3) is 0 Å². The highest BCUT2D eigenvalue weighted by molar-refractivity contribution is 8.14. The Bertz CT molecular complexity index is 1110. The minimum atomic E-state index is 0.0231. The maximum Gasteiger partial charge on any atom is 0.230 e. The quantitative estimate of drug-likeness (QED) is 0.553. The van der Waals surface area contributed by atoms with Crippen LogP contribution in [0, 0.1) is 6.92 Å². The Morgan fingerprint density at radius 2 is 1.58 bits per heavy atom. The number of para-hydroxylation sites is 2. The minimum absolute atomic E-state index is 0.0231. The molecule has 0 unspecified atom stereocenters. The summed E-state index contributed by atoms with van der Waals surface area (Å²) in [5.74, 6) is 0.367. The molecule has 3 aromatic rings. The van der Waals surface area contributed by atoms with Gasteiger partial charge in [-0.25, -0.2) is 4.99 Å². The first-order valence-electron chi connectivity index (χ1n) is 10.4. The van der Waals surface area contributed by atoms with Crippen LogP contribution in [0.3, 0.4) is 0 Å². The molecule has 0 fully saturated rings. The molecule has 5 heteroatoms. The van der Waals surface area contributed by atoms with E-state index in [9.17, 15) is 4.79 Å². The van der Waals surface area contributed by atoms with Gasteiger partial charge in [0.1, 0.15) is 0 Å². The van der Waals surface area contributed by atoms with Crippen molar-refractivity contribution >= 4 is 39.8 Å². The third kappa shape index (κ3) is 5.92. The number of amides is 1. The van der Waals surface area contributed by atoms with Crippen LogP contribution in [0.1, 0.15) is 23.1 Å². The largest absolute Gasteiger partial charge is 0.355 e. The molecule has 0 aliphatic carbocycles. The van der Waals surface area contributed by atoms with Crippen molar-refractivity contribution in [1.29, 1.82) is 0 Å². The van der Waals surface area contributed by atoms with Gasteiger partial charge in [0.2, 0.25) is 5.91 Å². The molecule has 0 saturated heterocycles. The Balaban J connectivity index is 1.41. The molecule has 0 atom stereocenters. The summed E-state index contributed by atoms with van der Waals surface area (Å²) in [4.78, 5) is 22.1. The molecule has 1 N–H and O–H groups in total. The van der Waals surface area contributed by atoms with Crippen LogP contribution >= 0.6 is 11.8 Å². The maximum absolute atomic E-state index is 12.4. The van der Waals surface area contributed by atoms with Crippen molar-refractivity contribution in [1.82, 2.24) is 5.32 Å². The number of nitrogens with zero attached hydrogens (tertiary/aromatic N) is 2. The van der Waals surface area contributed by atoms with Gasteiger partial charge >= 0.3 is 0 Å². The normalized spacial score (nSPS) is 12.9. The zero-order chi connectivity index (χ0) is 21.5. The van der Waals surface area contributed by atoms with E-state index in [1.807, 2.05) is 42.5 Å². The Morgan fingerprint density at radius 1 is 0.903 bits per heavy atom. The van der Waals surface area contributed by atoms with E-state index in [2.05, 4.69) is 48.6 Å². The fourth-order valence-corrected chi connectivity index (χ4v) is 4.14. The van der Waals surface area contributed by atoms with Crippen molar-refractivity contribution in [3.8, 4) is 0 Å². The molecule has 1 aliphatic heterocycles. The van der Waals surface area contributed by atoms with Gasteiger partial charge in [-0.2, -0.15) is 0 Å².